The minimum absolute atomic E-state index is 0.288. The Morgan fingerprint density at radius 1 is 1.14 bits per heavy atom. The van der Waals surface area contributed by atoms with Crippen molar-refractivity contribution in [2.24, 2.45) is 0 Å². The molecule has 0 spiro atoms. The Morgan fingerprint density at radius 3 is 2.43 bits per heavy atom. The molecule has 2 aromatic rings. The fourth-order valence-electron chi connectivity index (χ4n) is 2.18. The van der Waals surface area contributed by atoms with Gasteiger partial charge in [0.15, 0.2) is 0 Å². The largest absolute Gasteiger partial charge is 0.478 e. The van der Waals surface area contributed by atoms with Crippen molar-refractivity contribution >= 4 is 5.97 Å². The average Bonchev–Trinajstić information content (AvgIpc) is 2.48. The lowest BCUT2D eigenvalue weighted by molar-refractivity contribution is 0.0697. The highest BCUT2D eigenvalue weighted by Gasteiger charge is 2.07. The van der Waals surface area contributed by atoms with Crippen LogP contribution in [0.15, 0.2) is 48.5 Å². The summed E-state index contributed by atoms with van der Waals surface area (Å²) in [5, 5.41) is 17.9. The molecule has 0 heterocycles. The maximum Gasteiger partial charge on any atom is 0.335 e. The Morgan fingerprint density at radius 2 is 1.81 bits per heavy atom. The van der Waals surface area contributed by atoms with E-state index in [1.807, 2.05) is 43.4 Å². The molecule has 0 atom stereocenters. The number of benzene rings is 2. The molecule has 0 aliphatic heterocycles. The van der Waals surface area contributed by atoms with Crippen molar-refractivity contribution < 1.29 is 9.90 Å². The predicted molar refractivity (Wildman–Crippen MR) is 79.7 cm³/mol. The molecule has 0 aliphatic rings. The summed E-state index contributed by atoms with van der Waals surface area (Å²) in [6.07, 6.45) is 0. The van der Waals surface area contributed by atoms with Crippen LogP contribution in [0.4, 0.5) is 0 Å². The SMILES string of the molecule is CN(Cc1ccc(C(=O)O)cc1)Cc1ccccc1C#N. The maximum atomic E-state index is 10.8. The van der Waals surface area contributed by atoms with E-state index < -0.39 is 5.97 Å². The summed E-state index contributed by atoms with van der Waals surface area (Å²) in [4.78, 5) is 12.9. The van der Waals surface area contributed by atoms with Crippen LogP contribution in [0.5, 0.6) is 0 Å². The molecule has 0 saturated heterocycles. The van der Waals surface area contributed by atoms with Crippen LogP contribution in [0.2, 0.25) is 0 Å². The van der Waals surface area contributed by atoms with Crippen molar-refractivity contribution in [1.29, 1.82) is 5.26 Å². The third-order valence-electron chi connectivity index (χ3n) is 3.23. The number of hydrogen-bond acceptors (Lipinski definition) is 3. The molecular weight excluding hydrogens is 264 g/mol. The van der Waals surface area contributed by atoms with Crippen molar-refractivity contribution in [2.45, 2.75) is 13.1 Å². The Hall–Kier alpha value is -2.64. The van der Waals surface area contributed by atoms with Crippen LogP contribution in [0.3, 0.4) is 0 Å². The minimum Gasteiger partial charge on any atom is -0.478 e. The van der Waals surface area contributed by atoms with Crippen LogP contribution in [-0.2, 0) is 13.1 Å². The van der Waals surface area contributed by atoms with Gasteiger partial charge in [0, 0.05) is 13.1 Å². The highest BCUT2D eigenvalue weighted by Crippen LogP contribution is 2.12. The van der Waals surface area contributed by atoms with Crippen LogP contribution in [0.1, 0.15) is 27.0 Å². The summed E-state index contributed by atoms with van der Waals surface area (Å²) in [5.41, 5.74) is 3.00. The van der Waals surface area contributed by atoms with Crippen molar-refractivity contribution in [2.75, 3.05) is 7.05 Å². The summed E-state index contributed by atoms with van der Waals surface area (Å²) in [6.45, 7) is 1.37. The third kappa shape index (κ3) is 3.91. The molecule has 0 bridgehead atoms. The molecule has 0 amide bonds. The monoisotopic (exact) mass is 280 g/mol. The number of nitriles is 1. The Kier molecular flexibility index (Phi) is 4.70. The molecule has 0 saturated carbocycles. The topological polar surface area (TPSA) is 64.3 Å². The fraction of sp³-hybridized carbons (Fsp3) is 0.176. The highest BCUT2D eigenvalue weighted by atomic mass is 16.4. The Labute approximate surface area is 123 Å². The van der Waals surface area contributed by atoms with Gasteiger partial charge in [0.05, 0.1) is 17.2 Å². The van der Waals surface area contributed by atoms with Gasteiger partial charge in [0.1, 0.15) is 0 Å². The molecule has 0 aliphatic carbocycles. The number of hydrogen-bond donors (Lipinski definition) is 1. The van der Waals surface area contributed by atoms with E-state index in [-0.39, 0.29) is 5.56 Å². The Bertz CT molecular complexity index is 672. The zero-order chi connectivity index (χ0) is 15.2. The van der Waals surface area contributed by atoms with E-state index in [0.29, 0.717) is 18.7 Å². The lowest BCUT2D eigenvalue weighted by Gasteiger charge is -2.17. The first-order valence-corrected chi connectivity index (χ1v) is 6.59. The number of nitrogens with zero attached hydrogens (tertiary/aromatic N) is 2. The Balaban J connectivity index is 2.03. The molecule has 21 heavy (non-hydrogen) atoms. The smallest absolute Gasteiger partial charge is 0.335 e. The molecular formula is C17H16N2O2. The van der Waals surface area contributed by atoms with Crippen LogP contribution < -0.4 is 0 Å². The van der Waals surface area contributed by atoms with Crippen LogP contribution in [0, 0.1) is 11.3 Å². The van der Waals surface area contributed by atoms with E-state index >= 15 is 0 Å². The lowest BCUT2D eigenvalue weighted by Crippen LogP contribution is -2.18. The molecule has 0 radical (unpaired) electrons. The molecule has 0 fully saturated rings. The van der Waals surface area contributed by atoms with Gasteiger partial charge < -0.3 is 5.11 Å². The van der Waals surface area contributed by atoms with E-state index in [0.717, 1.165) is 11.1 Å². The zero-order valence-corrected chi connectivity index (χ0v) is 11.8. The lowest BCUT2D eigenvalue weighted by atomic mass is 10.1. The van der Waals surface area contributed by atoms with Gasteiger partial charge >= 0.3 is 5.97 Å². The van der Waals surface area contributed by atoms with Crippen molar-refractivity contribution in [1.82, 2.24) is 4.90 Å². The van der Waals surface area contributed by atoms with Crippen LogP contribution in [0.25, 0.3) is 0 Å². The van der Waals surface area contributed by atoms with Crippen molar-refractivity contribution in [3.63, 3.8) is 0 Å². The van der Waals surface area contributed by atoms with Gasteiger partial charge in [-0.05, 0) is 36.4 Å². The molecule has 2 rings (SSSR count). The predicted octanol–water partition coefficient (Wildman–Crippen LogP) is 2.89. The van der Waals surface area contributed by atoms with E-state index in [2.05, 4.69) is 11.0 Å². The minimum atomic E-state index is -0.919. The normalized spacial score (nSPS) is 10.3. The van der Waals surface area contributed by atoms with E-state index in [9.17, 15) is 4.79 Å². The van der Waals surface area contributed by atoms with Gasteiger partial charge in [-0.2, -0.15) is 5.26 Å². The molecule has 4 nitrogen and oxygen atoms in total. The third-order valence-corrected chi connectivity index (χ3v) is 3.23. The second-order valence-electron chi connectivity index (χ2n) is 4.94. The van der Waals surface area contributed by atoms with Gasteiger partial charge in [-0.1, -0.05) is 30.3 Å². The summed E-state index contributed by atoms with van der Waals surface area (Å²) < 4.78 is 0. The van der Waals surface area contributed by atoms with Gasteiger partial charge in [-0.25, -0.2) is 4.79 Å². The quantitative estimate of drug-likeness (QED) is 0.914. The molecule has 4 heteroatoms. The van der Waals surface area contributed by atoms with E-state index in [1.54, 1.807) is 12.1 Å². The first-order chi connectivity index (χ1) is 10.1. The standard InChI is InChI=1S/C17H16N2O2/c1-19(12-16-5-3-2-4-15(16)10-18)11-13-6-8-14(9-7-13)17(20)21/h2-9H,11-12H2,1H3,(H,20,21). The second kappa shape index (κ2) is 6.69. The van der Waals surface area contributed by atoms with Gasteiger partial charge in [0.2, 0.25) is 0 Å². The number of carboxylic acid groups (broad SMARTS) is 1. The molecule has 106 valence electrons. The molecule has 0 unspecified atom stereocenters. The van der Waals surface area contributed by atoms with Crippen LogP contribution >= 0.6 is 0 Å². The fourth-order valence-corrected chi connectivity index (χ4v) is 2.18. The summed E-state index contributed by atoms with van der Waals surface area (Å²) in [6, 6.07) is 16.6. The summed E-state index contributed by atoms with van der Waals surface area (Å²) in [5.74, 6) is -0.919. The maximum absolute atomic E-state index is 10.8. The van der Waals surface area contributed by atoms with Gasteiger partial charge in [0.25, 0.3) is 0 Å². The number of aromatic carboxylic acids is 1. The van der Waals surface area contributed by atoms with Crippen molar-refractivity contribution in [3.8, 4) is 6.07 Å². The first kappa shape index (κ1) is 14.8. The van der Waals surface area contributed by atoms with Gasteiger partial charge in [-0.15, -0.1) is 0 Å². The average molecular weight is 280 g/mol. The summed E-state index contributed by atoms with van der Waals surface area (Å²) in [7, 11) is 1.97. The zero-order valence-electron chi connectivity index (χ0n) is 11.8. The highest BCUT2D eigenvalue weighted by molar-refractivity contribution is 5.87. The summed E-state index contributed by atoms with van der Waals surface area (Å²) >= 11 is 0. The number of rotatable bonds is 5. The van der Waals surface area contributed by atoms with E-state index in [1.165, 1.54) is 0 Å². The number of carbonyl (C=O) groups is 1. The van der Waals surface area contributed by atoms with Gasteiger partial charge in [-0.3, -0.25) is 4.90 Å². The molecule has 0 aromatic heterocycles. The van der Waals surface area contributed by atoms with E-state index in [4.69, 9.17) is 10.4 Å². The second-order valence-corrected chi connectivity index (χ2v) is 4.94. The van der Waals surface area contributed by atoms with Crippen molar-refractivity contribution in [3.05, 3.63) is 70.8 Å². The molecule has 1 N–H and O–H groups in total. The number of carboxylic acids is 1. The molecule has 2 aromatic carbocycles. The van der Waals surface area contributed by atoms with Crippen LogP contribution in [-0.4, -0.2) is 23.0 Å². The first-order valence-electron chi connectivity index (χ1n) is 6.59.